The van der Waals surface area contributed by atoms with Gasteiger partial charge in [0.05, 0.1) is 7.11 Å². The first kappa shape index (κ1) is 14.3. The van der Waals surface area contributed by atoms with Gasteiger partial charge >= 0.3 is 0 Å². The fourth-order valence-corrected chi connectivity index (χ4v) is 2.77. The second-order valence-electron chi connectivity index (χ2n) is 6.00. The molecule has 19 heavy (non-hydrogen) atoms. The normalized spacial score (nSPS) is 17.3. The fraction of sp³-hybridized carbons (Fsp3) is 0.625. The lowest BCUT2D eigenvalue weighted by molar-refractivity contribution is 0.125. The van der Waals surface area contributed by atoms with Gasteiger partial charge in [0.15, 0.2) is 11.6 Å². The van der Waals surface area contributed by atoms with Gasteiger partial charge in [-0.2, -0.15) is 0 Å². The predicted molar refractivity (Wildman–Crippen MR) is 76.1 cm³/mol. The third kappa shape index (κ3) is 3.27. The molecule has 0 unspecified atom stereocenters. The number of methoxy groups -OCH3 is 1. The Morgan fingerprint density at radius 3 is 2.63 bits per heavy atom. The van der Waals surface area contributed by atoms with Gasteiger partial charge in [-0.1, -0.05) is 32.4 Å². The van der Waals surface area contributed by atoms with E-state index in [0.29, 0.717) is 11.8 Å². The molecule has 0 radical (unpaired) electrons. The molecule has 1 aliphatic rings. The van der Waals surface area contributed by atoms with Gasteiger partial charge in [-0.05, 0) is 36.3 Å². The maximum atomic E-state index is 14.2. The third-order valence-electron chi connectivity index (χ3n) is 4.13. The minimum absolute atomic E-state index is 0.194. The summed E-state index contributed by atoms with van der Waals surface area (Å²) in [5, 5.41) is 3.50. The molecule has 1 N–H and O–H groups in total. The Hall–Kier alpha value is -1.09. The number of rotatable bonds is 6. The molecule has 3 heteroatoms. The molecule has 0 bridgehead atoms. The molecule has 1 aromatic rings. The predicted octanol–water partition coefficient (Wildman–Crippen LogP) is 3.55. The van der Waals surface area contributed by atoms with Crippen LogP contribution in [0.4, 0.5) is 4.39 Å². The standard InChI is InChI=1S/C16H24FNO/c1-12(2)18-11-16(8-5-9-16)10-13-6-4-7-14(19-3)15(13)17/h4,6-7,12,18H,5,8-11H2,1-3H3. The summed E-state index contributed by atoms with van der Waals surface area (Å²) < 4.78 is 19.3. The summed E-state index contributed by atoms with van der Waals surface area (Å²) in [6.07, 6.45) is 4.42. The van der Waals surface area contributed by atoms with Crippen LogP contribution in [0.2, 0.25) is 0 Å². The second kappa shape index (κ2) is 5.91. The van der Waals surface area contributed by atoms with Crippen LogP contribution >= 0.6 is 0 Å². The number of benzene rings is 1. The first-order valence-electron chi connectivity index (χ1n) is 7.11. The summed E-state index contributed by atoms with van der Waals surface area (Å²) in [6, 6.07) is 5.92. The van der Waals surface area contributed by atoms with Gasteiger partial charge in [-0.15, -0.1) is 0 Å². The molecule has 1 saturated carbocycles. The van der Waals surface area contributed by atoms with Gasteiger partial charge in [0.2, 0.25) is 0 Å². The zero-order chi connectivity index (χ0) is 13.9. The lowest BCUT2D eigenvalue weighted by atomic mass is 9.65. The summed E-state index contributed by atoms with van der Waals surface area (Å²) in [4.78, 5) is 0. The Bertz CT molecular complexity index is 427. The molecule has 0 aliphatic heterocycles. The van der Waals surface area contributed by atoms with E-state index in [1.807, 2.05) is 12.1 Å². The van der Waals surface area contributed by atoms with E-state index in [1.165, 1.54) is 26.4 Å². The Labute approximate surface area is 115 Å². The Morgan fingerprint density at radius 2 is 2.11 bits per heavy atom. The van der Waals surface area contributed by atoms with Crippen molar-refractivity contribution in [1.29, 1.82) is 0 Å². The van der Waals surface area contributed by atoms with Crippen LogP contribution in [-0.2, 0) is 6.42 Å². The first-order valence-corrected chi connectivity index (χ1v) is 7.11. The summed E-state index contributed by atoms with van der Waals surface area (Å²) in [5.74, 6) is 0.157. The van der Waals surface area contributed by atoms with Crippen LogP contribution < -0.4 is 10.1 Å². The van der Waals surface area contributed by atoms with E-state index >= 15 is 0 Å². The lowest BCUT2D eigenvalue weighted by Crippen LogP contribution is -2.43. The number of halogens is 1. The number of nitrogens with one attached hydrogen (secondary N) is 1. The molecule has 0 aromatic heterocycles. The van der Waals surface area contributed by atoms with Crippen LogP contribution in [0.3, 0.4) is 0 Å². The second-order valence-corrected chi connectivity index (χ2v) is 6.00. The van der Waals surface area contributed by atoms with Crippen molar-refractivity contribution in [3.05, 3.63) is 29.6 Å². The number of ether oxygens (including phenoxy) is 1. The van der Waals surface area contributed by atoms with E-state index in [-0.39, 0.29) is 11.2 Å². The maximum Gasteiger partial charge on any atom is 0.168 e. The Kier molecular flexibility index (Phi) is 4.46. The smallest absolute Gasteiger partial charge is 0.168 e. The molecule has 1 aromatic carbocycles. The average molecular weight is 265 g/mol. The summed E-state index contributed by atoms with van der Waals surface area (Å²) >= 11 is 0. The van der Waals surface area contributed by atoms with Crippen molar-refractivity contribution in [2.75, 3.05) is 13.7 Å². The highest BCUT2D eigenvalue weighted by atomic mass is 19.1. The molecule has 1 aliphatic carbocycles. The van der Waals surface area contributed by atoms with Crippen LogP contribution in [-0.4, -0.2) is 19.7 Å². The van der Waals surface area contributed by atoms with Gasteiger partial charge in [-0.3, -0.25) is 0 Å². The van der Waals surface area contributed by atoms with E-state index in [9.17, 15) is 4.39 Å². The molecule has 1 fully saturated rings. The largest absolute Gasteiger partial charge is 0.494 e. The highest BCUT2D eigenvalue weighted by Gasteiger charge is 2.37. The molecule has 0 saturated heterocycles. The van der Waals surface area contributed by atoms with Crippen LogP contribution in [0.15, 0.2) is 18.2 Å². The molecule has 0 spiro atoms. The summed E-state index contributed by atoms with van der Waals surface area (Å²) in [5.41, 5.74) is 1.02. The zero-order valence-electron chi connectivity index (χ0n) is 12.1. The van der Waals surface area contributed by atoms with Crippen LogP contribution in [0.5, 0.6) is 5.75 Å². The van der Waals surface area contributed by atoms with E-state index in [1.54, 1.807) is 6.07 Å². The summed E-state index contributed by atoms with van der Waals surface area (Å²) in [6.45, 7) is 5.28. The van der Waals surface area contributed by atoms with Gasteiger partial charge in [-0.25, -0.2) is 4.39 Å². The van der Waals surface area contributed by atoms with Crippen LogP contribution in [0.25, 0.3) is 0 Å². The van der Waals surface area contributed by atoms with Crippen molar-refractivity contribution in [2.45, 2.75) is 45.6 Å². The molecular formula is C16H24FNO. The third-order valence-corrected chi connectivity index (χ3v) is 4.13. The van der Waals surface area contributed by atoms with Gasteiger partial charge < -0.3 is 10.1 Å². The molecular weight excluding hydrogens is 241 g/mol. The van der Waals surface area contributed by atoms with E-state index in [0.717, 1.165) is 18.5 Å². The maximum absolute atomic E-state index is 14.2. The van der Waals surface area contributed by atoms with Gasteiger partial charge in [0, 0.05) is 12.6 Å². The fourth-order valence-electron chi connectivity index (χ4n) is 2.77. The highest BCUT2D eigenvalue weighted by Crippen LogP contribution is 2.44. The quantitative estimate of drug-likeness (QED) is 0.849. The molecule has 0 amide bonds. The van der Waals surface area contributed by atoms with Crippen molar-refractivity contribution < 1.29 is 9.13 Å². The van der Waals surface area contributed by atoms with Crippen LogP contribution in [0.1, 0.15) is 38.7 Å². The topological polar surface area (TPSA) is 21.3 Å². The minimum Gasteiger partial charge on any atom is -0.494 e. The van der Waals surface area contributed by atoms with Gasteiger partial charge in [0.25, 0.3) is 0 Å². The van der Waals surface area contributed by atoms with Gasteiger partial charge in [0.1, 0.15) is 0 Å². The van der Waals surface area contributed by atoms with Crippen molar-refractivity contribution in [3.63, 3.8) is 0 Å². The SMILES string of the molecule is COc1cccc(CC2(CNC(C)C)CCC2)c1F. The molecule has 0 heterocycles. The Morgan fingerprint density at radius 1 is 1.37 bits per heavy atom. The van der Waals surface area contributed by atoms with E-state index < -0.39 is 0 Å². The minimum atomic E-state index is -0.194. The molecule has 2 rings (SSSR count). The van der Waals surface area contributed by atoms with Crippen molar-refractivity contribution in [1.82, 2.24) is 5.32 Å². The number of hydrogen-bond acceptors (Lipinski definition) is 2. The van der Waals surface area contributed by atoms with Crippen molar-refractivity contribution in [3.8, 4) is 5.75 Å². The molecule has 106 valence electrons. The van der Waals surface area contributed by atoms with Crippen molar-refractivity contribution >= 4 is 0 Å². The zero-order valence-corrected chi connectivity index (χ0v) is 12.1. The lowest BCUT2D eigenvalue weighted by Gasteiger charge is -2.43. The number of hydrogen-bond donors (Lipinski definition) is 1. The van der Waals surface area contributed by atoms with E-state index in [2.05, 4.69) is 19.2 Å². The molecule has 0 atom stereocenters. The van der Waals surface area contributed by atoms with Crippen LogP contribution in [0, 0.1) is 11.2 Å². The molecule has 2 nitrogen and oxygen atoms in total. The first-order chi connectivity index (χ1) is 9.06. The van der Waals surface area contributed by atoms with E-state index in [4.69, 9.17) is 4.74 Å². The average Bonchev–Trinajstić information content (AvgIpc) is 2.34. The highest BCUT2D eigenvalue weighted by molar-refractivity contribution is 5.32. The summed E-state index contributed by atoms with van der Waals surface area (Å²) in [7, 11) is 1.52. The monoisotopic (exact) mass is 265 g/mol. The Balaban J connectivity index is 2.10. The van der Waals surface area contributed by atoms with Crippen molar-refractivity contribution in [2.24, 2.45) is 5.41 Å².